The minimum Gasteiger partial charge on any atom is -0.462 e. The van der Waals surface area contributed by atoms with Crippen LogP contribution in [0.15, 0.2) is 80.7 Å². The lowest BCUT2D eigenvalue weighted by atomic mass is 10.1. The molecule has 0 bridgehead atoms. The Balaban J connectivity index is 1.51. The number of esters is 1. The smallest absolute Gasteiger partial charge is 0.338 e. The fourth-order valence-electron chi connectivity index (χ4n) is 3.41. The molecule has 1 amide bonds. The number of rotatable bonds is 7. The Kier molecular flexibility index (Phi) is 6.68. The summed E-state index contributed by atoms with van der Waals surface area (Å²) in [5.41, 5.74) is 2.45. The van der Waals surface area contributed by atoms with Gasteiger partial charge in [-0.25, -0.2) is 18.4 Å². The van der Waals surface area contributed by atoms with Crippen LogP contribution in [0, 0.1) is 0 Å². The van der Waals surface area contributed by atoms with E-state index in [0.29, 0.717) is 40.7 Å². The van der Waals surface area contributed by atoms with Gasteiger partial charge in [-0.15, -0.1) is 0 Å². The van der Waals surface area contributed by atoms with Crippen LogP contribution in [-0.2, 0) is 19.6 Å². The van der Waals surface area contributed by atoms with Crippen molar-refractivity contribution in [2.45, 2.75) is 25.2 Å². The number of hydrogen-bond donors (Lipinski definition) is 1. The quantitative estimate of drug-likeness (QED) is 0.391. The van der Waals surface area contributed by atoms with Gasteiger partial charge in [0.05, 0.1) is 34.0 Å². The lowest BCUT2D eigenvalue weighted by Crippen LogP contribution is -2.21. The molecule has 2 heterocycles. The van der Waals surface area contributed by atoms with Crippen molar-refractivity contribution in [2.75, 3.05) is 11.6 Å². The molecule has 9 nitrogen and oxygen atoms in total. The van der Waals surface area contributed by atoms with Crippen molar-refractivity contribution >= 4 is 39.4 Å². The summed E-state index contributed by atoms with van der Waals surface area (Å²) in [4.78, 5) is 24.9. The summed E-state index contributed by atoms with van der Waals surface area (Å²) in [5.74, 6) is 0.275. The summed E-state index contributed by atoms with van der Waals surface area (Å²) in [6.07, 6.45) is 2.35. The summed E-state index contributed by atoms with van der Waals surface area (Å²) in [7, 11) is -3.84. The van der Waals surface area contributed by atoms with Crippen LogP contribution in [0.2, 0.25) is 0 Å². The lowest BCUT2D eigenvalue weighted by Gasteiger charge is -2.11. The fourth-order valence-corrected chi connectivity index (χ4v) is 3.93. The van der Waals surface area contributed by atoms with Crippen LogP contribution in [0.25, 0.3) is 17.4 Å². The van der Waals surface area contributed by atoms with Crippen LogP contribution in [0.4, 0.5) is 5.69 Å². The molecule has 0 unspecified atom stereocenters. The van der Waals surface area contributed by atoms with Crippen LogP contribution in [-0.4, -0.2) is 32.6 Å². The molecular weight excluding hydrogens is 470 g/mol. The molecule has 0 atom stereocenters. The van der Waals surface area contributed by atoms with Crippen LogP contribution in [0.5, 0.6) is 0 Å². The maximum atomic E-state index is 13.0. The second-order valence-electron chi connectivity index (χ2n) is 7.81. The number of carbonyl (C=O) groups excluding carboxylic acids is 2. The zero-order valence-electron chi connectivity index (χ0n) is 19.1. The van der Waals surface area contributed by atoms with E-state index >= 15 is 0 Å². The van der Waals surface area contributed by atoms with Crippen molar-refractivity contribution < 1.29 is 27.2 Å². The van der Waals surface area contributed by atoms with Crippen molar-refractivity contribution in [1.82, 2.24) is 0 Å². The summed E-state index contributed by atoms with van der Waals surface area (Å²) in [6, 6.07) is 15.9. The van der Waals surface area contributed by atoms with Gasteiger partial charge in [0.15, 0.2) is 0 Å². The number of hydrazone groups is 1. The Morgan fingerprint density at radius 2 is 1.77 bits per heavy atom. The van der Waals surface area contributed by atoms with E-state index in [1.807, 2.05) is 6.92 Å². The summed E-state index contributed by atoms with van der Waals surface area (Å²) in [6.45, 7) is 4.00. The third-order valence-corrected chi connectivity index (χ3v) is 6.16. The molecule has 3 aromatic rings. The van der Waals surface area contributed by atoms with Gasteiger partial charge in [-0.3, -0.25) is 4.79 Å². The van der Waals surface area contributed by atoms with E-state index in [2.05, 4.69) is 5.10 Å². The number of sulfonamides is 1. The number of nitrogens with zero attached hydrogens (tertiary/aromatic N) is 2. The molecule has 2 N–H and O–H groups in total. The topological polar surface area (TPSA) is 132 Å². The van der Waals surface area contributed by atoms with Gasteiger partial charge in [0, 0.05) is 5.56 Å². The number of nitrogens with two attached hydrogens (primary N) is 1. The molecule has 180 valence electrons. The van der Waals surface area contributed by atoms with E-state index in [-0.39, 0.29) is 16.8 Å². The minimum absolute atomic E-state index is 0.0571. The highest BCUT2D eigenvalue weighted by atomic mass is 32.2. The van der Waals surface area contributed by atoms with Crippen LogP contribution < -0.4 is 10.1 Å². The lowest BCUT2D eigenvalue weighted by molar-refractivity contribution is -0.114. The van der Waals surface area contributed by atoms with Crippen molar-refractivity contribution in [2.24, 2.45) is 10.2 Å². The Morgan fingerprint density at radius 3 is 2.40 bits per heavy atom. The third-order valence-electron chi connectivity index (χ3n) is 5.23. The maximum absolute atomic E-state index is 13.0. The Labute approximate surface area is 202 Å². The molecular formula is C25H23N3O6S. The standard InChI is InChI=1S/C25H23N3O6S/c1-3-14-33-25(30)18-6-4-17(5-7-18)23-13-10-20(34-23)15-22-16(2)27-28(24(22)29)19-8-11-21(12-9-19)35(26,31)32/h4-13,15H,3,14H2,1-2H3,(H2,26,31,32)/b22-15-. The zero-order valence-corrected chi connectivity index (χ0v) is 19.9. The highest BCUT2D eigenvalue weighted by molar-refractivity contribution is 7.89. The molecule has 0 saturated carbocycles. The van der Waals surface area contributed by atoms with Gasteiger partial charge in [0.25, 0.3) is 5.91 Å². The first-order valence-electron chi connectivity index (χ1n) is 10.8. The van der Waals surface area contributed by atoms with Crippen molar-refractivity contribution in [3.8, 4) is 11.3 Å². The van der Waals surface area contributed by atoms with Crippen LogP contribution in [0.1, 0.15) is 36.4 Å². The normalized spacial score (nSPS) is 14.9. The number of ether oxygens (including phenoxy) is 1. The van der Waals surface area contributed by atoms with Crippen molar-refractivity contribution in [3.05, 3.63) is 77.6 Å². The minimum atomic E-state index is -3.84. The monoisotopic (exact) mass is 493 g/mol. The number of anilines is 1. The first-order chi connectivity index (χ1) is 16.7. The first kappa shape index (κ1) is 24.1. The Bertz CT molecular complexity index is 1440. The molecule has 0 spiro atoms. The third kappa shape index (κ3) is 5.23. The number of carbonyl (C=O) groups is 2. The molecule has 0 aliphatic carbocycles. The summed E-state index contributed by atoms with van der Waals surface area (Å²) < 4.78 is 33.9. The van der Waals surface area contributed by atoms with E-state index in [0.717, 1.165) is 12.0 Å². The van der Waals surface area contributed by atoms with Crippen LogP contribution >= 0.6 is 0 Å². The molecule has 2 aromatic carbocycles. The van der Waals surface area contributed by atoms with Gasteiger partial charge in [-0.2, -0.15) is 10.1 Å². The Morgan fingerprint density at radius 1 is 1.09 bits per heavy atom. The van der Waals surface area contributed by atoms with Crippen molar-refractivity contribution in [3.63, 3.8) is 0 Å². The average molecular weight is 494 g/mol. The van der Waals surface area contributed by atoms with Crippen molar-refractivity contribution in [1.29, 1.82) is 0 Å². The molecule has 0 fully saturated rings. The van der Waals surface area contributed by atoms with Gasteiger partial charge in [-0.05, 0) is 68.0 Å². The van der Waals surface area contributed by atoms with Gasteiger partial charge >= 0.3 is 5.97 Å². The van der Waals surface area contributed by atoms with E-state index < -0.39 is 10.0 Å². The average Bonchev–Trinajstić information content (AvgIpc) is 3.42. The van der Waals surface area contributed by atoms with Crippen LogP contribution in [0.3, 0.4) is 0 Å². The number of hydrogen-bond acceptors (Lipinski definition) is 7. The Hall–Kier alpha value is -4.02. The second kappa shape index (κ2) is 9.69. The molecule has 0 saturated heterocycles. The summed E-state index contributed by atoms with van der Waals surface area (Å²) >= 11 is 0. The predicted molar refractivity (Wildman–Crippen MR) is 131 cm³/mol. The highest BCUT2D eigenvalue weighted by Crippen LogP contribution is 2.28. The largest absolute Gasteiger partial charge is 0.462 e. The number of benzene rings is 2. The van der Waals surface area contributed by atoms with E-state index in [4.69, 9.17) is 14.3 Å². The fraction of sp³-hybridized carbons (Fsp3) is 0.160. The van der Waals surface area contributed by atoms with E-state index in [9.17, 15) is 18.0 Å². The molecule has 0 radical (unpaired) electrons. The van der Waals surface area contributed by atoms with E-state index in [1.165, 1.54) is 29.3 Å². The predicted octanol–water partition coefficient (Wildman–Crippen LogP) is 3.97. The van der Waals surface area contributed by atoms with Gasteiger partial charge in [-0.1, -0.05) is 19.1 Å². The first-order valence-corrected chi connectivity index (χ1v) is 12.3. The molecule has 10 heteroatoms. The molecule has 1 aliphatic heterocycles. The summed E-state index contributed by atoms with van der Waals surface area (Å²) in [5, 5.41) is 10.6. The number of amides is 1. The van der Waals surface area contributed by atoms with Gasteiger partial charge < -0.3 is 9.15 Å². The number of primary sulfonamides is 1. The molecule has 1 aromatic heterocycles. The molecule has 4 rings (SSSR count). The second-order valence-corrected chi connectivity index (χ2v) is 9.38. The van der Waals surface area contributed by atoms with Gasteiger partial charge in [0.2, 0.25) is 10.0 Å². The SMILES string of the molecule is CCCOC(=O)c1ccc(-c2ccc(/C=C3\C(=O)N(c4ccc(S(N)(=O)=O)cc4)N=C3C)o2)cc1. The maximum Gasteiger partial charge on any atom is 0.338 e. The molecule has 1 aliphatic rings. The highest BCUT2D eigenvalue weighted by Gasteiger charge is 2.29. The van der Waals surface area contributed by atoms with E-state index in [1.54, 1.807) is 49.4 Å². The number of furan rings is 1. The zero-order chi connectivity index (χ0) is 25.2. The van der Waals surface area contributed by atoms with Gasteiger partial charge in [0.1, 0.15) is 11.5 Å². The molecule has 35 heavy (non-hydrogen) atoms.